The summed E-state index contributed by atoms with van der Waals surface area (Å²) in [5, 5.41) is 0. The van der Waals surface area contributed by atoms with Crippen molar-refractivity contribution >= 4 is 23.4 Å². The standard InChI is InChI=1S/C13H18N4O3/c1-3-17(4-2)10-7-5-9(6-8-10)12(19)15-16-13(20)11(14)18/h5-8H,3-4H2,1-2H3,(H2,14,18)(H,15,19)(H,16,20). The zero-order valence-corrected chi connectivity index (χ0v) is 11.5. The van der Waals surface area contributed by atoms with E-state index in [2.05, 4.69) is 10.3 Å². The molecule has 0 aliphatic carbocycles. The van der Waals surface area contributed by atoms with Crippen LogP contribution in [0, 0.1) is 0 Å². The SMILES string of the molecule is CCN(CC)c1ccc(C(=O)NNC(=O)C(N)=O)cc1. The van der Waals surface area contributed by atoms with Crippen LogP contribution in [-0.4, -0.2) is 30.8 Å². The number of hydrazine groups is 1. The third-order valence-corrected chi connectivity index (χ3v) is 2.77. The van der Waals surface area contributed by atoms with Gasteiger partial charge in [0, 0.05) is 24.3 Å². The molecule has 0 spiro atoms. The van der Waals surface area contributed by atoms with Gasteiger partial charge in [0.05, 0.1) is 0 Å². The minimum absolute atomic E-state index is 0.366. The number of amides is 3. The van der Waals surface area contributed by atoms with Gasteiger partial charge in [-0.15, -0.1) is 0 Å². The number of benzene rings is 1. The van der Waals surface area contributed by atoms with Crippen molar-refractivity contribution in [1.29, 1.82) is 0 Å². The van der Waals surface area contributed by atoms with Crippen LogP contribution in [0.15, 0.2) is 24.3 Å². The molecule has 1 rings (SSSR count). The molecule has 0 saturated heterocycles. The third kappa shape index (κ3) is 3.98. The first kappa shape index (κ1) is 15.5. The summed E-state index contributed by atoms with van der Waals surface area (Å²) in [6.45, 7) is 5.83. The van der Waals surface area contributed by atoms with E-state index in [1.165, 1.54) is 0 Å². The number of nitrogens with one attached hydrogen (secondary N) is 2. The predicted molar refractivity (Wildman–Crippen MR) is 74.8 cm³/mol. The lowest BCUT2D eigenvalue weighted by atomic mass is 10.2. The number of carbonyl (C=O) groups is 3. The molecule has 0 fully saturated rings. The van der Waals surface area contributed by atoms with Crippen LogP contribution >= 0.6 is 0 Å². The Morgan fingerprint density at radius 3 is 2.05 bits per heavy atom. The summed E-state index contributed by atoms with van der Waals surface area (Å²) in [5.74, 6) is -2.76. The average Bonchev–Trinajstić information content (AvgIpc) is 2.46. The van der Waals surface area contributed by atoms with E-state index in [1.54, 1.807) is 12.1 Å². The van der Waals surface area contributed by atoms with Gasteiger partial charge in [-0.05, 0) is 38.1 Å². The first-order valence-electron chi connectivity index (χ1n) is 6.24. The Bertz CT molecular complexity index is 495. The maximum Gasteiger partial charge on any atom is 0.327 e. The van der Waals surface area contributed by atoms with Crippen molar-refractivity contribution in [3.05, 3.63) is 29.8 Å². The largest absolute Gasteiger partial charge is 0.372 e. The van der Waals surface area contributed by atoms with Gasteiger partial charge in [-0.25, -0.2) is 0 Å². The van der Waals surface area contributed by atoms with E-state index in [0.29, 0.717) is 5.56 Å². The van der Waals surface area contributed by atoms with Crippen LogP contribution in [0.5, 0.6) is 0 Å². The van der Waals surface area contributed by atoms with Gasteiger partial charge in [0.25, 0.3) is 5.91 Å². The van der Waals surface area contributed by atoms with Crippen LogP contribution in [-0.2, 0) is 9.59 Å². The minimum atomic E-state index is -1.16. The first-order valence-corrected chi connectivity index (χ1v) is 6.24. The van der Waals surface area contributed by atoms with E-state index in [9.17, 15) is 14.4 Å². The maximum atomic E-state index is 11.7. The van der Waals surface area contributed by atoms with Crippen molar-refractivity contribution in [1.82, 2.24) is 10.9 Å². The van der Waals surface area contributed by atoms with Gasteiger partial charge in [-0.2, -0.15) is 0 Å². The molecule has 0 aromatic heterocycles. The van der Waals surface area contributed by atoms with Gasteiger partial charge in [-0.1, -0.05) is 0 Å². The number of carbonyl (C=O) groups excluding carboxylic acids is 3. The van der Waals surface area contributed by atoms with Crippen molar-refractivity contribution in [3.63, 3.8) is 0 Å². The van der Waals surface area contributed by atoms with E-state index in [-0.39, 0.29) is 0 Å². The third-order valence-electron chi connectivity index (χ3n) is 2.77. The lowest BCUT2D eigenvalue weighted by Gasteiger charge is -2.21. The summed E-state index contributed by atoms with van der Waals surface area (Å²) in [4.78, 5) is 35.2. The molecule has 0 atom stereocenters. The van der Waals surface area contributed by atoms with Crippen LogP contribution in [0.25, 0.3) is 0 Å². The summed E-state index contributed by atoms with van der Waals surface area (Å²) in [6.07, 6.45) is 0. The van der Waals surface area contributed by atoms with Crippen LogP contribution < -0.4 is 21.5 Å². The molecule has 20 heavy (non-hydrogen) atoms. The van der Waals surface area contributed by atoms with Crippen molar-refractivity contribution in [2.45, 2.75) is 13.8 Å². The van der Waals surface area contributed by atoms with Crippen molar-refractivity contribution in [2.24, 2.45) is 5.73 Å². The van der Waals surface area contributed by atoms with Crippen LogP contribution in [0.3, 0.4) is 0 Å². The van der Waals surface area contributed by atoms with Gasteiger partial charge in [0.1, 0.15) is 0 Å². The number of hydrogen-bond donors (Lipinski definition) is 3. The maximum absolute atomic E-state index is 11.7. The van der Waals surface area contributed by atoms with Gasteiger partial charge in [-0.3, -0.25) is 25.2 Å². The zero-order chi connectivity index (χ0) is 15.1. The van der Waals surface area contributed by atoms with Crippen LogP contribution in [0.4, 0.5) is 5.69 Å². The van der Waals surface area contributed by atoms with Gasteiger partial charge in [0.2, 0.25) is 0 Å². The molecule has 0 radical (unpaired) electrons. The van der Waals surface area contributed by atoms with E-state index < -0.39 is 17.7 Å². The monoisotopic (exact) mass is 278 g/mol. The Morgan fingerprint density at radius 1 is 1.05 bits per heavy atom. The Labute approximate surface area is 117 Å². The molecular weight excluding hydrogens is 260 g/mol. The molecule has 3 amide bonds. The fourth-order valence-electron chi connectivity index (χ4n) is 1.66. The molecule has 0 aliphatic heterocycles. The van der Waals surface area contributed by atoms with Gasteiger partial charge >= 0.3 is 11.8 Å². The van der Waals surface area contributed by atoms with Crippen molar-refractivity contribution < 1.29 is 14.4 Å². The summed E-state index contributed by atoms with van der Waals surface area (Å²) < 4.78 is 0. The van der Waals surface area contributed by atoms with E-state index in [1.807, 2.05) is 31.4 Å². The Morgan fingerprint density at radius 2 is 1.60 bits per heavy atom. The quantitative estimate of drug-likeness (QED) is 0.523. The topological polar surface area (TPSA) is 105 Å². The molecule has 1 aromatic carbocycles. The van der Waals surface area contributed by atoms with Gasteiger partial charge in [0.15, 0.2) is 0 Å². The lowest BCUT2D eigenvalue weighted by molar-refractivity contribution is -0.137. The average molecular weight is 278 g/mol. The van der Waals surface area contributed by atoms with E-state index in [0.717, 1.165) is 18.8 Å². The summed E-state index contributed by atoms with van der Waals surface area (Å²) in [6, 6.07) is 6.91. The Kier molecular flexibility index (Phi) is 5.52. The molecule has 1 aromatic rings. The highest BCUT2D eigenvalue weighted by Crippen LogP contribution is 2.14. The molecular formula is C13H18N4O3. The fourth-order valence-corrected chi connectivity index (χ4v) is 1.66. The Hall–Kier alpha value is -2.57. The van der Waals surface area contributed by atoms with Crippen LogP contribution in [0.2, 0.25) is 0 Å². The molecule has 0 aliphatic rings. The molecule has 0 unspecified atom stereocenters. The number of anilines is 1. The van der Waals surface area contributed by atoms with Gasteiger partial charge < -0.3 is 10.6 Å². The summed E-state index contributed by atoms with van der Waals surface area (Å²) >= 11 is 0. The normalized spacial score (nSPS) is 9.70. The lowest BCUT2D eigenvalue weighted by Crippen LogP contribution is -2.47. The highest BCUT2D eigenvalue weighted by Gasteiger charge is 2.11. The summed E-state index contributed by atoms with van der Waals surface area (Å²) in [5.41, 5.74) is 10.1. The second-order valence-electron chi connectivity index (χ2n) is 3.99. The summed E-state index contributed by atoms with van der Waals surface area (Å²) in [7, 11) is 0. The number of hydrogen-bond acceptors (Lipinski definition) is 4. The fraction of sp³-hybridized carbons (Fsp3) is 0.308. The molecule has 7 heteroatoms. The molecule has 108 valence electrons. The minimum Gasteiger partial charge on any atom is -0.372 e. The first-order chi connectivity index (χ1) is 9.49. The molecule has 0 saturated carbocycles. The second kappa shape index (κ2) is 7.13. The van der Waals surface area contributed by atoms with E-state index in [4.69, 9.17) is 5.73 Å². The highest BCUT2D eigenvalue weighted by molar-refractivity contribution is 6.34. The predicted octanol–water partition coefficient (Wildman–Crippen LogP) is -0.221. The molecule has 0 bridgehead atoms. The Balaban J connectivity index is 2.66. The van der Waals surface area contributed by atoms with Crippen molar-refractivity contribution in [3.8, 4) is 0 Å². The van der Waals surface area contributed by atoms with E-state index >= 15 is 0 Å². The van der Waals surface area contributed by atoms with Crippen molar-refractivity contribution in [2.75, 3.05) is 18.0 Å². The molecule has 0 heterocycles. The number of primary amides is 1. The molecule has 4 N–H and O–H groups in total. The number of nitrogens with zero attached hydrogens (tertiary/aromatic N) is 1. The molecule has 7 nitrogen and oxygen atoms in total. The highest BCUT2D eigenvalue weighted by atomic mass is 16.2. The van der Waals surface area contributed by atoms with Crippen LogP contribution in [0.1, 0.15) is 24.2 Å². The number of nitrogens with two attached hydrogens (primary N) is 1. The second-order valence-corrected chi connectivity index (χ2v) is 3.99. The number of rotatable bonds is 4. The smallest absolute Gasteiger partial charge is 0.327 e. The zero-order valence-electron chi connectivity index (χ0n) is 11.5.